The van der Waals surface area contributed by atoms with E-state index in [0.717, 1.165) is 29.0 Å². The monoisotopic (exact) mass is 428 g/mol. The zero-order chi connectivity index (χ0) is 19.3. The van der Waals surface area contributed by atoms with Crippen LogP contribution >= 0.6 is 22.9 Å². The van der Waals surface area contributed by atoms with E-state index in [9.17, 15) is 8.42 Å². The highest BCUT2D eigenvalue weighted by Gasteiger charge is 2.44. The number of ether oxygens (including phenoxy) is 1. The summed E-state index contributed by atoms with van der Waals surface area (Å²) >= 11 is 7.50. The van der Waals surface area contributed by atoms with Crippen LogP contribution in [0, 0.1) is 13.8 Å². The molecular weight excluding hydrogens is 412 g/mol. The van der Waals surface area contributed by atoms with E-state index in [1.54, 1.807) is 16.3 Å². The number of halogens is 1. The molecule has 4 rings (SSSR count). The van der Waals surface area contributed by atoms with E-state index in [0.29, 0.717) is 11.4 Å². The summed E-state index contributed by atoms with van der Waals surface area (Å²) in [6, 6.07) is 0. The molecule has 0 saturated carbocycles. The zero-order valence-corrected chi connectivity index (χ0v) is 17.2. The van der Waals surface area contributed by atoms with E-state index in [1.807, 2.05) is 20.0 Å². The van der Waals surface area contributed by atoms with Crippen LogP contribution in [0.3, 0.4) is 0 Å². The Morgan fingerprint density at radius 1 is 1.41 bits per heavy atom. The maximum Gasteiger partial charge on any atom is 0.177 e. The number of rotatable bonds is 6. The van der Waals surface area contributed by atoms with Gasteiger partial charge in [0.15, 0.2) is 16.1 Å². The Labute approximate surface area is 165 Å². The van der Waals surface area contributed by atoms with Crippen LogP contribution in [0.25, 0.3) is 0 Å². The summed E-state index contributed by atoms with van der Waals surface area (Å²) in [5.41, 5.74) is 2.64. The highest BCUT2D eigenvalue weighted by Crippen LogP contribution is 2.47. The molecule has 0 spiro atoms. The first-order chi connectivity index (χ1) is 12.7. The summed E-state index contributed by atoms with van der Waals surface area (Å²) in [5, 5.41) is 13.3. The second-order valence-corrected chi connectivity index (χ2v) is 9.67. The van der Waals surface area contributed by atoms with Gasteiger partial charge in [0, 0.05) is 23.4 Å². The molecular formula is C16H17ClN4O4S2. The molecule has 11 heteroatoms. The van der Waals surface area contributed by atoms with Gasteiger partial charge in [0.05, 0.1) is 38.9 Å². The maximum atomic E-state index is 11.7. The van der Waals surface area contributed by atoms with Gasteiger partial charge < -0.3 is 14.6 Å². The van der Waals surface area contributed by atoms with E-state index in [4.69, 9.17) is 20.9 Å². The lowest BCUT2D eigenvalue weighted by Gasteiger charge is -2.01. The molecule has 0 aromatic carbocycles. The van der Waals surface area contributed by atoms with E-state index in [2.05, 4.69) is 15.6 Å². The Morgan fingerprint density at radius 2 is 2.19 bits per heavy atom. The fourth-order valence-corrected chi connectivity index (χ4v) is 5.79. The molecule has 0 radical (unpaired) electrons. The van der Waals surface area contributed by atoms with Crippen LogP contribution in [0.4, 0.5) is 5.69 Å². The topological polar surface area (TPSA) is 103 Å². The SMILES string of the molecule is Cc1noc(C)c1Cn1cc(NC2OC2c2scc(S(C)(=O)=O)c2Cl)cn1. The lowest BCUT2D eigenvalue weighted by atomic mass is 10.2. The summed E-state index contributed by atoms with van der Waals surface area (Å²) < 4.78 is 36.0. The smallest absolute Gasteiger partial charge is 0.177 e. The molecule has 1 aliphatic heterocycles. The predicted octanol–water partition coefficient (Wildman–Crippen LogP) is 3.16. The quantitative estimate of drug-likeness (QED) is 0.601. The third-order valence-corrected chi connectivity index (χ3v) is 7.26. The number of thiophene rings is 1. The molecule has 0 amide bonds. The summed E-state index contributed by atoms with van der Waals surface area (Å²) in [6.07, 6.45) is 4.16. The van der Waals surface area contributed by atoms with Gasteiger partial charge in [-0.05, 0) is 13.8 Å². The molecule has 2 unspecified atom stereocenters. The fourth-order valence-electron chi connectivity index (χ4n) is 2.78. The van der Waals surface area contributed by atoms with Gasteiger partial charge in [-0.2, -0.15) is 5.10 Å². The first kappa shape index (κ1) is 18.5. The number of nitrogens with one attached hydrogen (secondary N) is 1. The highest BCUT2D eigenvalue weighted by atomic mass is 35.5. The lowest BCUT2D eigenvalue weighted by Crippen LogP contribution is -2.04. The molecule has 0 bridgehead atoms. The molecule has 1 aliphatic rings. The zero-order valence-electron chi connectivity index (χ0n) is 14.8. The minimum Gasteiger partial charge on any atom is -0.361 e. The predicted molar refractivity (Wildman–Crippen MR) is 101 cm³/mol. The Morgan fingerprint density at radius 3 is 2.81 bits per heavy atom. The highest BCUT2D eigenvalue weighted by molar-refractivity contribution is 7.91. The van der Waals surface area contributed by atoms with Crippen LogP contribution in [-0.2, 0) is 21.1 Å². The van der Waals surface area contributed by atoms with Crippen molar-refractivity contribution in [1.29, 1.82) is 0 Å². The molecule has 3 aromatic rings. The number of nitrogens with zero attached hydrogens (tertiary/aromatic N) is 3. The lowest BCUT2D eigenvalue weighted by molar-refractivity contribution is 0.388. The maximum absolute atomic E-state index is 11.7. The minimum atomic E-state index is -3.35. The van der Waals surface area contributed by atoms with Crippen LogP contribution < -0.4 is 5.32 Å². The normalized spacial score (nSPS) is 19.4. The van der Waals surface area contributed by atoms with Gasteiger partial charge in [-0.25, -0.2) is 8.42 Å². The van der Waals surface area contributed by atoms with Crippen molar-refractivity contribution in [2.75, 3.05) is 11.6 Å². The Balaban J connectivity index is 1.42. The van der Waals surface area contributed by atoms with Crippen molar-refractivity contribution < 1.29 is 17.7 Å². The van der Waals surface area contributed by atoms with Gasteiger partial charge >= 0.3 is 0 Å². The largest absolute Gasteiger partial charge is 0.361 e. The molecule has 2 atom stereocenters. The van der Waals surface area contributed by atoms with Crippen LogP contribution in [-0.4, -0.2) is 35.8 Å². The van der Waals surface area contributed by atoms with E-state index < -0.39 is 9.84 Å². The molecule has 0 aliphatic carbocycles. The second kappa shape index (κ2) is 6.62. The van der Waals surface area contributed by atoms with Crippen LogP contribution in [0.15, 0.2) is 27.2 Å². The standard InChI is InChI=1S/C16H17ClN4O4S2/c1-8-11(9(2)25-20-8)6-21-5-10(4-18-21)19-16-14(24-16)15-13(17)12(7-26-15)27(3,22)23/h4-5,7,14,16,19H,6H2,1-3H3. The summed E-state index contributed by atoms with van der Waals surface area (Å²) in [5.74, 6) is 0.775. The second-order valence-electron chi connectivity index (χ2n) is 6.40. The molecule has 1 N–H and O–H groups in total. The number of epoxide rings is 1. The number of hydrogen-bond donors (Lipinski definition) is 1. The van der Waals surface area contributed by atoms with Crippen molar-refractivity contribution in [3.63, 3.8) is 0 Å². The molecule has 3 aromatic heterocycles. The van der Waals surface area contributed by atoms with Gasteiger partial charge in [-0.3, -0.25) is 4.68 Å². The number of anilines is 1. The first-order valence-corrected chi connectivity index (χ1v) is 11.2. The first-order valence-electron chi connectivity index (χ1n) is 8.07. The van der Waals surface area contributed by atoms with E-state index in [-0.39, 0.29) is 22.2 Å². The summed E-state index contributed by atoms with van der Waals surface area (Å²) in [4.78, 5) is 0.850. The molecule has 144 valence electrons. The van der Waals surface area contributed by atoms with Crippen molar-refractivity contribution in [2.24, 2.45) is 0 Å². The van der Waals surface area contributed by atoms with Crippen LogP contribution in [0.5, 0.6) is 0 Å². The fraction of sp³-hybridized carbons (Fsp3) is 0.375. The average Bonchev–Trinajstić information content (AvgIpc) is 2.90. The Hall–Kier alpha value is -1.88. The van der Waals surface area contributed by atoms with E-state index >= 15 is 0 Å². The van der Waals surface area contributed by atoms with Crippen molar-refractivity contribution >= 4 is 38.5 Å². The number of aromatic nitrogens is 3. The Kier molecular flexibility index (Phi) is 4.53. The van der Waals surface area contributed by atoms with Gasteiger partial charge in [0.1, 0.15) is 11.9 Å². The van der Waals surface area contributed by atoms with Crippen LogP contribution in [0.1, 0.15) is 28.0 Å². The number of hydrogen-bond acceptors (Lipinski definition) is 8. The van der Waals surface area contributed by atoms with Crippen molar-refractivity contribution in [2.45, 2.75) is 37.6 Å². The molecule has 27 heavy (non-hydrogen) atoms. The van der Waals surface area contributed by atoms with Crippen LogP contribution in [0.2, 0.25) is 5.02 Å². The van der Waals surface area contributed by atoms with Crippen molar-refractivity contribution in [3.8, 4) is 0 Å². The molecule has 8 nitrogen and oxygen atoms in total. The number of sulfone groups is 1. The molecule has 1 fully saturated rings. The summed E-state index contributed by atoms with van der Waals surface area (Å²) in [6.45, 7) is 4.33. The molecule has 1 saturated heterocycles. The Bertz CT molecular complexity index is 1080. The van der Waals surface area contributed by atoms with Gasteiger partial charge in [-0.15, -0.1) is 11.3 Å². The average molecular weight is 429 g/mol. The van der Waals surface area contributed by atoms with Crippen molar-refractivity contribution in [1.82, 2.24) is 14.9 Å². The van der Waals surface area contributed by atoms with E-state index in [1.165, 1.54) is 11.3 Å². The third kappa shape index (κ3) is 3.62. The molecule has 4 heterocycles. The minimum absolute atomic E-state index is 0.144. The van der Waals surface area contributed by atoms with Gasteiger partial charge in [-0.1, -0.05) is 16.8 Å². The van der Waals surface area contributed by atoms with Gasteiger partial charge in [0.2, 0.25) is 0 Å². The number of aryl methyl sites for hydroxylation is 2. The van der Waals surface area contributed by atoms with Crippen molar-refractivity contribution in [3.05, 3.63) is 44.7 Å². The van der Waals surface area contributed by atoms with Gasteiger partial charge in [0.25, 0.3) is 0 Å². The summed E-state index contributed by atoms with van der Waals surface area (Å²) in [7, 11) is -3.35. The third-order valence-electron chi connectivity index (χ3n) is 4.32.